The van der Waals surface area contributed by atoms with Crippen LogP contribution in [0, 0.1) is 6.92 Å². The highest BCUT2D eigenvalue weighted by molar-refractivity contribution is 6.31. The van der Waals surface area contributed by atoms with Gasteiger partial charge in [0.25, 0.3) is 11.8 Å². The minimum Gasteiger partial charge on any atom is -0.351 e. The average molecular weight is 361 g/mol. The lowest BCUT2D eigenvalue weighted by Crippen LogP contribution is -2.31. The fraction of sp³-hybridized carbons (Fsp3) is 0.278. The van der Waals surface area contributed by atoms with Crippen LogP contribution in [0.2, 0.25) is 5.02 Å². The van der Waals surface area contributed by atoms with Gasteiger partial charge in [-0.25, -0.2) is 0 Å². The van der Waals surface area contributed by atoms with Crippen LogP contribution in [0.4, 0.5) is 5.69 Å². The summed E-state index contributed by atoms with van der Waals surface area (Å²) >= 11 is 5.96. The summed E-state index contributed by atoms with van der Waals surface area (Å²) in [6.07, 6.45) is 1.45. The first-order valence-electron chi connectivity index (χ1n) is 7.83. The summed E-state index contributed by atoms with van der Waals surface area (Å²) in [6.45, 7) is 3.13. The van der Waals surface area contributed by atoms with Crippen molar-refractivity contribution in [3.05, 3.63) is 58.4 Å². The van der Waals surface area contributed by atoms with E-state index in [1.165, 1.54) is 12.3 Å². The van der Waals surface area contributed by atoms with Gasteiger partial charge in [-0.2, -0.15) is 0 Å². The molecule has 1 heterocycles. The predicted octanol–water partition coefficient (Wildman–Crippen LogP) is 2.59. The highest BCUT2D eigenvalue weighted by atomic mass is 35.5. The van der Waals surface area contributed by atoms with Gasteiger partial charge in [-0.3, -0.25) is 14.6 Å². The molecule has 25 heavy (non-hydrogen) atoms. The zero-order valence-electron chi connectivity index (χ0n) is 14.5. The van der Waals surface area contributed by atoms with E-state index < -0.39 is 5.91 Å². The fourth-order valence-corrected chi connectivity index (χ4v) is 2.28. The van der Waals surface area contributed by atoms with Crippen LogP contribution in [-0.4, -0.2) is 48.9 Å². The molecule has 2 amide bonds. The number of rotatable bonds is 6. The van der Waals surface area contributed by atoms with Gasteiger partial charge >= 0.3 is 0 Å². The zero-order valence-corrected chi connectivity index (χ0v) is 15.2. The molecule has 0 aliphatic heterocycles. The number of aromatic nitrogens is 1. The number of carbonyl (C=O) groups is 2. The first kappa shape index (κ1) is 18.9. The summed E-state index contributed by atoms with van der Waals surface area (Å²) in [6, 6.07) is 8.29. The molecule has 1 aromatic heterocycles. The largest absolute Gasteiger partial charge is 0.351 e. The third-order valence-corrected chi connectivity index (χ3v) is 3.78. The molecule has 0 saturated carbocycles. The quantitative estimate of drug-likeness (QED) is 0.830. The van der Waals surface area contributed by atoms with Crippen molar-refractivity contribution < 1.29 is 9.59 Å². The monoisotopic (exact) mass is 360 g/mol. The van der Waals surface area contributed by atoms with Gasteiger partial charge in [0, 0.05) is 35.6 Å². The summed E-state index contributed by atoms with van der Waals surface area (Å²) in [5.74, 6) is -0.634. The van der Waals surface area contributed by atoms with Crippen LogP contribution in [-0.2, 0) is 0 Å². The van der Waals surface area contributed by atoms with E-state index >= 15 is 0 Å². The first-order valence-corrected chi connectivity index (χ1v) is 8.21. The number of aryl methyl sites for hydroxylation is 1. The number of hydrogen-bond donors (Lipinski definition) is 2. The van der Waals surface area contributed by atoms with E-state index in [2.05, 4.69) is 15.6 Å². The smallest absolute Gasteiger partial charge is 0.274 e. The maximum atomic E-state index is 12.4. The van der Waals surface area contributed by atoms with E-state index in [1.54, 1.807) is 18.2 Å². The molecule has 7 heteroatoms. The molecule has 0 aliphatic rings. The number of benzene rings is 1. The minimum atomic E-state index is -0.395. The highest BCUT2D eigenvalue weighted by Gasteiger charge is 2.13. The van der Waals surface area contributed by atoms with Crippen molar-refractivity contribution in [1.29, 1.82) is 0 Å². The van der Waals surface area contributed by atoms with Crippen LogP contribution in [0.1, 0.15) is 26.4 Å². The molecule has 0 atom stereocenters. The van der Waals surface area contributed by atoms with Crippen LogP contribution >= 0.6 is 11.6 Å². The second-order valence-electron chi connectivity index (χ2n) is 5.90. The number of hydrogen-bond acceptors (Lipinski definition) is 4. The van der Waals surface area contributed by atoms with Crippen LogP contribution in [0.25, 0.3) is 0 Å². The highest BCUT2D eigenvalue weighted by Crippen LogP contribution is 2.20. The van der Waals surface area contributed by atoms with Crippen LogP contribution in [0.3, 0.4) is 0 Å². The molecular formula is C18H21ClN4O2. The van der Waals surface area contributed by atoms with Crippen molar-refractivity contribution in [2.75, 3.05) is 32.5 Å². The Bertz CT molecular complexity index is 777. The summed E-state index contributed by atoms with van der Waals surface area (Å²) in [4.78, 5) is 30.6. The number of anilines is 1. The van der Waals surface area contributed by atoms with E-state index in [1.807, 2.05) is 32.0 Å². The molecule has 6 nitrogen and oxygen atoms in total. The molecule has 132 valence electrons. The van der Waals surface area contributed by atoms with Crippen molar-refractivity contribution in [1.82, 2.24) is 15.2 Å². The van der Waals surface area contributed by atoms with E-state index in [9.17, 15) is 9.59 Å². The summed E-state index contributed by atoms with van der Waals surface area (Å²) in [5, 5.41) is 6.10. The number of likely N-dealkylation sites (N-methyl/N-ethyl adjacent to an activating group) is 1. The third-order valence-electron chi connectivity index (χ3n) is 3.55. The van der Waals surface area contributed by atoms with E-state index in [-0.39, 0.29) is 11.6 Å². The second-order valence-corrected chi connectivity index (χ2v) is 6.34. The molecule has 0 unspecified atom stereocenters. The Morgan fingerprint density at radius 1 is 1.16 bits per heavy atom. The van der Waals surface area contributed by atoms with E-state index in [0.717, 1.165) is 12.1 Å². The minimum absolute atomic E-state index is 0.166. The molecule has 0 aliphatic carbocycles. The number of carbonyl (C=O) groups excluding carboxylic acids is 2. The van der Waals surface area contributed by atoms with Crippen LogP contribution in [0.5, 0.6) is 0 Å². The molecule has 0 spiro atoms. The van der Waals surface area contributed by atoms with Gasteiger partial charge in [-0.15, -0.1) is 0 Å². The van der Waals surface area contributed by atoms with Gasteiger partial charge in [0.05, 0.1) is 0 Å². The van der Waals surface area contributed by atoms with Gasteiger partial charge in [0.15, 0.2) is 0 Å². The van der Waals surface area contributed by atoms with Crippen molar-refractivity contribution in [3.8, 4) is 0 Å². The predicted molar refractivity (Wildman–Crippen MR) is 99.3 cm³/mol. The zero-order chi connectivity index (χ0) is 18.4. The molecule has 2 aromatic rings. The van der Waals surface area contributed by atoms with Gasteiger partial charge in [-0.1, -0.05) is 17.7 Å². The first-order chi connectivity index (χ1) is 11.9. The molecule has 0 saturated heterocycles. The second kappa shape index (κ2) is 8.60. The van der Waals surface area contributed by atoms with Crippen molar-refractivity contribution in [2.24, 2.45) is 0 Å². The summed E-state index contributed by atoms with van der Waals surface area (Å²) in [5.41, 5.74) is 2.05. The van der Waals surface area contributed by atoms with E-state index in [4.69, 9.17) is 11.6 Å². The summed E-state index contributed by atoms with van der Waals surface area (Å²) < 4.78 is 0. The topological polar surface area (TPSA) is 74.3 Å². The van der Waals surface area contributed by atoms with Crippen molar-refractivity contribution >= 4 is 29.1 Å². The number of amides is 2. The molecule has 2 rings (SSSR count). The van der Waals surface area contributed by atoms with Gasteiger partial charge in [-0.05, 0) is 50.8 Å². The Morgan fingerprint density at radius 3 is 2.64 bits per heavy atom. The fourth-order valence-electron chi connectivity index (χ4n) is 2.11. The molecule has 2 N–H and O–H groups in total. The standard InChI is InChI=1S/C18H21ClN4O2/c1-12-4-5-14(19)11-15(12)22-18(25)16-10-13(6-7-20-16)17(24)21-8-9-23(2)3/h4-7,10-11H,8-9H2,1-3H3,(H,21,24)(H,22,25). The number of nitrogens with one attached hydrogen (secondary N) is 2. The lowest BCUT2D eigenvalue weighted by molar-refractivity contribution is 0.0951. The molecule has 0 fully saturated rings. The normalized spacial score (nSPS) is 10.6. The number of pyridine rings is 1. The molecular weight excluding hydrogens is 340 g/mol. The average Bonchev–Trinajstić information content (AvgIpc) is 2.57. The van der Waals surface area contributed by atoms with Gasteiger partial charge < -0.3 is 15.5 Å². The Balaban J connectivity index is 2.08. The summed E-state index contributed by atoms with van der Waals surface area (Å²) in [7, 11) is 3.86. The molecule has 1 aromatic carbocycles. The maximum absolute atomic E-state index is 12.4. The lowest BCUT2D eigenvalue weighted by atomic mass is 10.1. The SMILES string of the molecule is Cc1ccc(Cl)cc1NC(=O)c1cc(C(=O)NCCN(C)C)ccn1. The van der Waals surface area contributed by atoms with E-state index in [0.29, 0.717) is 22.8 Å². The number of halogens is 1. The van der Waals surface area contributed by atoms with Crippen LogP contribution < -0.4 is 10.6 Å². The van der Waals surface area contributed by atoms with Crippen LogP contribution in [0.15, 0.2) is 36.5 Å². The third kappa shape index (κ3) is 5.55. The van der Waals surface area contributed by atoms with Gasteiger partial charge in [0.1, 0.15) is 5.69 Å². The Labute approximate surface area is 152 Å². The Hall–Kier alpha value is -2.44. The van der Waals surface area contributed by atoms with Crippen molar-refractivity contribution in [3.63, 3.8) is 0 Å². The van der Waals surface area contributed by atoms with Gasteiger partial charge in [0.2, 0.25) is 0 Å². The maximum Gasteiger partial charge on any atom is 0.274 e. The van der Waals surface area contributed by atoms with Crippen molar-refractivity contribution in [2.45, 2.75) is 6.92 Å². The molecule has 0 bridgehead atoms. The Kier molecular flexibility index (Phi) is 6.50. The molecule has 0 radical (unpaired) electrons. The number of nitrogens with zero attached hydrogens (tertiary/aromatic N) is 2. The lowest BCUT2D eigenvalue weighted by Gasteiger charge is -2.11. The Morgan fingerprint density at radius 2 is 1.92 bits per heavy atom.